The van der Waals surface area contributed by atoms with Gasteiger partial charge in [0.15, 0.2) is 0 Å². The molecule has 1 fully saturated rings. The lowest BCUT2D eigenvalue weighted by molar-refractivity contribution is -0.134. The van der Waals surface area contributed by atoms with Crippen LogP contribution in [-0.2, 0) is 14.3 Å². The minimum Gasteiger partial charge on any atom is -0.481 e. The molecule has 8 heteroatoms. The van der Waals surface area contributed by atoms with Gasteiger partial charge in [0.2, 0.25) is 5.91 Å². The standard InChI is InChI=1S/C26H30N2O5S/c29-24(30)16-34-13-12-27-25(31)17-6-5-7-18(14-17)28-26(32)33-15-23-21-10-3-1-8-19(21)20-9-2-4-11-22(20)23/h1-4,8-11,17-18,23H,5-7,12-16H2,(H,27,31)(H,28,32)(H,29,30)/t17-,18+/m0/s1. The van der Waals surface area contributed by atoms with Crippen molar-refractivity contribution in [2.45, 2.75) is 37.6 Å². The summed E-state index contributed by atoms with van der Waals surface area (Å²) in [6.45, 7) is 0.711. The minimum absolute atomic E-state index is 0.0158. The first-order valence-electron chi connectivity index (χ1n) is 11.7. The summed E-state index contributed by atoms with van der Waals surface area (Å²) in [6.07, 6.45) is 2.61. The number of aliphatic carboxylic acids is 1. The fraction of sp³-hybridized carbons (Fsp3) is 0.423. The van der Waals surface area contributed by atoms with Gasteiger partial charge in [-0.05, 0) is 41.5 Å². The zero-order chi connectivity index (χ0) is 23.9. The van der Waals surface area contributed by atoms with Crippen molar-refractivity contribution < 1.29 is 24.2 Å². The van der Waals surface area contributed by atoms with Crippen LogP contribution in [0.25, 0.3) is 11.1 Å². The Hall–Kier alpha value is -3.00. The molecule has 0 heterocycles. The maximum atomic E-state index is 12.6. The normalized spacial score (nSPS) is 19.1. The number of hydrogen-bond donors (Lipinski definition) is 3. The highest BCUT2D eigenvalue weighted by molar-refractivity contribution is 7.99. The van der Waals surface area contributed by atoms with Crippen LogP contribution >= 0.6 is 11.8 Å². The van der Waals surface area contributed by atoms with Gasteiger partial charge in [0, 0.05) is 30.2 Å². The Balaban J connectivity index is 1.24. The molecule has 2 aliphatic rings. The average Bonchev–Trinajstić information content (AvgIpc) is 3.16. The van der Waals surface area contributed by atoms with Crippen LogP contribution in [0.5, 0.6) is 0 Å². The Morgan fingerprint density at radius 2 is 1.68 bits per heavy atom. The third kappa shape index (κ3) is 5.91. The maximum absolute atomic E-state index is 12.6. The van der Waals surface area contributed by atoms with E-state index in [1.807, 2.05) is 24.3 Å². The summed E-state index contributed by atoms with van der Waals surface area (Å²) >= 11 is 1.28. The summed E-state index contributed by atoms with van der Waals surface area (Å²) < 4.78 is 5.65. The highest BCUT2D eigenvalue weighted by atomic mass is 32.2. The van der Waals surface area contributed by atoms with E-state index in [1.165, 1.54) is 34.0 Å². The molecule has 2 aliphatic carbocycles. The third-order valence-corrected chi connectivity index (χ3v) is 7.43. The van der Waals surface area contributed by atoms with Gasteiger partial charge in [0.05, 0.1) is 5.75 Å². The van der Waals surface area contributed by atoms with Crippen LogP contribution in [0.3, 0.4) is 0 Å². The van der Waals surface area contributed by atoms with Gasteiger partial charge in [-0.25, -0.2) is 4.79 Å². The molecule has 2 aromatic carbocycles. The zero-order valence-electron chi connectivity index (χ0n) is 19.0. The minimum atomic E-state index is -0.856. The summed E-state index contributed by atoms with van der Waals surface area (Å²) in [4.78, 5) is 35.6. The van der Waals surface area contributed by atoms with Crippen molar-refractivity contribution in [2.24, 2.45) is 5.92 Å². The Morgan fingerprint density at radius 3 is 2.35 bits per heavy atom. The van der Waals surface area contributed by atoms with Crippen molar-refractivity contribution in [1.29, 1.82) is 0 Å². The predicted octanol–water partition coefficient (Wildman–Crippen LogP) is 4.02. The van der Waals surface area contributed by atoms with Gasteiger partial charge in [-0.1, -0.05) is 55.0 Å². The quantitative estimate of drug-likeness (QED) is 0.467. The van der Waals surface area contributed by atoms with E-state index in [4.69, 9.17) is 9.84 Å². The van der Waals surface area contributed by atoms with Gasteiger partial charge in [0.25, 0.3) is 0 Å². The van der Waals surface area contributed by atoms with E-state index in [0.717, 1.165) is 19.3 Å². The van der Waals surface area contributed by atoms with E-state index in [1.54, 1.807) is 0 Å². The number of alkyl carbamates (subject to hydrolysis) is 1. The summed E-state index contributed by atoms with van der Waals surface area (Å²) in [5.41, 5.74) is 4.73. The molecular formula is C26H30N2O5S. The van der Waals surface area contributed by atoms with Crippen LogP contribution in [0.4, 0.5) is 4.79 Å². The molecule has 3 N–H and O–H groups in total. The Bertz CT molecular complexity index is 998. The summed E-state index contributed by atoms with van der Waals surface area (Å²) in [6, 6.07) is 16.4. The largest absolute Gasteiger partial charge is 0.481 e. The number of amides is 2. The van der Waals surface area contributed by atoms with Gasteiger partial charge >= 0.3 is 12.1 Å². The molecule has 0 spiro atoms. The fourth-order valence-corrected chi connectivity index (χ4v) is 5.48. The van der Waals surface area contributed by atoms with E-state index in [2.05, 4.69) is 34.9 Å². The van der Waals surface area contributed by atoms with E-state index in [9.17, 15) is 14.4 Å². The van der Waals surface area contributed by atoms with Gasteiger partial charge in [-0.15, -0.1) is 11.8 Å². The Kier molecular flexibility index (Phi) is 8.11. The molecule has 2 aromatic rings. The number of benzene rings is 2. The molecule has 1 saturated carbocycles. The molecule has 2 atom stereocenters. The van der Waals surface area contributed by atoms with Gasteiger partial charge in [0.1, 0.15) is 6.61 Å². The molecule has 0 unspecified atom stereocenters. The second-order valence-electron chi connectivity index (χ2n) is 8.77. The number of fused-ring (bicyclic) bond motifs is 3. The molecule has 0 aliphatic heterocycles. The smallest absolute Gasteiger partial charge is 0.407 e. The number of carbonyl (C=O) groups is 3. The number of thioether (sulfide) groups is 1. The first-order chi connectivity index (χ1) is 16.5. The van der Waals surface area contributed by atoms with Crippen molar-refractivity contribution in [1.82, 2.24) is 10.6 Å². The number of ether oxygens (including phenoxy) is 1. The van der Waals surface area contributed by atoms with E-state index in [-0.39, 0.29) is 36.1 Å². The van der Waals surface area contributed by atoms with Crippen molar-refractivity contribution >= 4 is 29.7 Å². The second kappa shape index (κ2) is 11.4. The van der Waals surface area contributed by atoms with Crippen LogP contribution in [0.1, 0.15) is 42.7 Å². The number of hydrogen-bond acceptors (Lipinski definition) is 5. The summed E-state index contributed by atoms with van der Waals surface area (Å²) in [5, 5.41) is 14.5. The number of carboxylic acids is 1. The van der Waals surface area contributed by atoms with E-state index >= 15 is 0 Å². The SMILES string of the molecule is O=C(O)CSCCNC(=O)[C@H]1CCC[C@@H](NC(=O)OCC2c3ccccc3-c3ccccc32)C1. The highest BCUT2D eigenvalue weighted by Crippen LogP contribution is 2.44. The van der Waals surface area contributed by atoms with Crippen molar-refractivity contribution in [3.05, 3.63) is 59.7 Å². The van der Waals surface area contributed by atoms with Crippen molar-refractivity contribution in [2.75, 3.05) is 24.7 Å². The molecule has 7 nitrogen and oxygen atoms in total. The average molecular weight is 483 g/mol. The monoisotopic (exact) mass is 482 g/mol. The van der Waals surface area contributed by atoms with Crippen molar-refractivity contribution in [3.63, 3.8) is 0 Å². The van der Waals surface area contributed by atoms with Gasteiger partial charge in [-0.2, -0.15) is 0 Å². The van der Waals surface area contributed by atoms with E-state index in [0.29, 0.717) is 18.7 Å². The molecular weight excluding hydrogens is 452 g/mol. The first kappa shape index (κ1) is 24.1. The maximum Gasteiger partial charge on any atom is 0.407 e. The fourth-order valence-electron chi connectivity index (χ4n) is 4.92. The zero-order valence-corrected chi connectivity index (χ0v) is 19.8. The lowest BCUT2D eigenvalue weighted by atomic mass is 9.85. The highest BCUT2D eigenvalue weighted by Gasteiger charge is 2.31. The van der Waals surface area contributed by atoms with Crippen LogP contribution < -0.4 is 10.6 Å². The molecule has 0 bridgehead atoms. The predicted molar refractivity (Wildman–Crippen MR) is 132 cm³/mol. The lowest BCUT2D eigenvalue weighted by Crippen LogP contribution is -2.43. The van der Waals surface area contributed by atoms with Gasteiger partial charge in [-0.3, -0.25) is 9.59 Å². The van der Waals surface area contributed by atoms with Crippen LogP contribution in [0.15, 0.2) is 48.5 Å². The summed E-state index contributed by atoms with van der Waals surface area (Å²) in [7, 11) is 0. The van der Waals surface area contributed by atoms with Crippen molar-refractivity contribution in [3.8, 4) is 11.1 Å². The molecule has 34 heavy (non-hydrogen) atoms. The number of carboxylic acid groups (broad SMARTS) is 1. The third-order valence-electron chi connectivity index (χ3n) is 6.48. The molecule has 0 saturated heterocycles. The first-order valence-corrected chi connectivity index (χ1v) is 12.9. The van der Waals surface area contributed by atoms with Crippen LogP contribution in [0.2, 0.25) is 0 Å². The van der Waals surface area contributed by atoms with Crippen LogP contribution in [-0.4, -0.2) is 53.8 Å². The number of carbonyl (C=O) groups excluding carboxylic acids is 2. The topological polar surface area (TPSA) is 105 Å². The summed E-state index contributed by atoms with van der Waals surface area (Å²) in [5.74, 6) is -0.433. The molecule has 0 radical (unpaired) electrons. The second-order valence-corrected chi connectivity index (χ2v) is 9.87. The molecule has 180 valence electrons. The van der Waals surface area contributed by atoms with Gasteiger partial charge < -0.3 is 20.5 Å². The molecule has 2 amide bonds. The van der Waals surface area contributed by atoms with E-state index < -0.39 is 12.1 Å². The molecule has 4 rings (SSSR count). The number of nitrogens with one attached hydrogen (secondary N) is 2. The lowest BCUT2D eigenvalue weighted by Gasteiger charge is -2.29. The number of rotatable bonds is 9. The Morgan fingerprint density at radius 1 is 1.00 bits per heavy atom. The van der Waals surface area contributed by atoms with Crippen LogP contribution in [0, 0.1) is 5.92 Å². The Labute approximate surface area is 203 Å². The molecule has 0 aromatic heterocycles.